The Bertz CT molecular complexity index is 1170. The van der Waals surface area contributed by atoms with Crippen LogP contribution in [0.5, 0.6) is 5.75 Å². The first-order valence-electron chi connectivity index (χ1n) is 8.84. The molecule has 2 rings (SSSR count). The van der Waals surface area contributed by atoms with E-state index in [2.05, 4.69) is 0 Å². The minimum atomic E-state index is -4.96. The molecule has 0 spiro atoms. The summed E-state index contributed by atoms with van der Waals surface area (Å²) in [7, 11) is 2.09. The molecule has 0 atom stereocenters. The van der Waals surface area contributed by atoms with Crippen molar-refractivity contribution in [2.75, 3.05) is 19.5 Å². The fraction of sp³-hybridized carbons (Fsp3) is 0.316. The summed E-state index contributed by atoms with van der Waals surface area (Å²) in [6.45, 7) is 1.48. The van der Waals surface area contributed by atoms with Crippen LogP contribution >= 0.6 is 23.4 Å². The number of benzene rings is 1. The van der Waals surface area contributed by atoms with Crippen molar-refractivity contribution in [3.05, 3.63) is 67.4 Å². The van der Waals surface area contributed by atoms with Crippen LogP contribution in [0.1, 0.15) is 12.6 Å². The van der Waals surface area contributed by atoms with Gasteiger partial charge in [-0.1, -0.05) is 30.3 Å². The number of hydrogen-bond donors (Lipinski definition) is 0. The summed E-state index contributed by atoms with van der Waals surface area (Å²) in [6, 6.07) is 1.81. The first-order valence-corrected chi connectivity index (χ1v) is 10.2. The molecule has 13 heteroatoms. The normalized spacial score (nSPS) is 12.1. The van der Waals surface area contributed by atoms with E-state index in [0.717, 1.165) is 30.9 Å². The Morgan fingerprint density at radius 1 is 1.25 bits per heavy atom. The molecule has 0 saturated heterocycles. The van der Waals surface area contributed by atoms with E-state index in [1.54, 1.807) is 6.92 Å². The third-order valence-electron chi connectivity index (χ3n) is 4.05. The maximum atomic E-state index is 14.5. The first-order chi connectivity index (χ1) is 14.9. The van der Waals surface area contributed by atoms with Crippen LogP contribution in [-0.4, -0.2) is 33.7 Å². The zero-order valence-corrected chi connectivity index (χ0v) is 18.5. The summed E-state index contributed by atoms with van der Waals surface area (Å²) in [6.07, 6.45) is -3.78. The SMILES string of the molecule is CCSC(=O)C=C(COc1cc(-n2c(=O)cc(C(F)(F)F)n(C)c2=O)c(F)cc1Cl)OC. The molecule has 32 heavy (non-hydrogen) atoms. The van der Waals surface area contributed by atoms with Gasteiger partial charge in [0.25, 0.3) is 5.56 Å². The highest BCUT2D eigenvalue weighted by Crippen LogP contribution is 2.30. The van der Waals surface area contributed by atoms with Gasteiger partial charge in [-0.2, -0.15) is 13.2 Å². The van der Waals surface area contributed by atoms with Gasteiger partial charge in [0.15, 0.2) is 0 Å². The fourth-order valence-electron chi connectivity index (χ4n) is 2.54. The highest BCUT2D eigenvalue weighted by atomic mass is 35.5. The highest BCUT2D eigenvalue weighted by Gasteiger charge is 2.35. The molecule has 0 radical (unpaired) electrons. The highest BCUT2D eigenvalue weighted by molar-refractivity contribution is 8.14. The first kappa shape index (κ1) is 25.5. The summed E-state index contributed by atoms with van der Waals surface area (Å²) in [5.74, 6) is -0.689. The van der Waals surface area contributed by atoms with Gasteiger partial charge < -0.3 is 9.47 Å². The number of aromatic nitrogens is 2. The number of carbonyl (C=O) groups excluding carboxylic acids is 1. The lowest BCUT2D eigenvalue weighted by Gasteiger charge is -2.16. The quantitative estimate of drug-likeness (QED) is 0.331. The van der Waals surface area contributed by atoms with Gasteiger partial charge in [0, 0.05) is 25.3 Å². The Hall–Kier alpha value is -2.73. The molecular weight excluding hydrogens is 480 g/mol. The molecule has 1 heterocycles. The lowest BCUT2D eigenvalue weighted by molar-refractivity contribution is -0.144. The standard InChI is InChI=1S/C19H17ClF4N2O5S/c1-4-32-17(28)5-10(30-3)9-31-14-7-13(12(21)6-11(14)20)26-16(27)8-15(19(22,23)24)25(2)18(26)29/h5-8H,4,9H2,1-3H3. The van der Waals surface area contributed by atoms with Crippen molar-refractivity contribution in [1.29, 1.82) is 0 Å². The Balaban J connectivity index is 2.50. The largest absolute Gasteiger partial charge is 0.497 e. The zero-order chi connectivity index (χ0) is 24.2. The van der Waals surface area contributed by atoms with Crippen LogP contribution in [0, 0.1) is 5.82 Å². The smallest absolute Gasteiger partial charge is 0.431 e. The van der Waals surface area contributed by atoms with Gasteiger partial charge in [-0.15, -0.1) is 0 Å². The van der Waals surface area contributed by atoms with Crippen LogP contribution in [0.4, 0.5) is 17.6 Å². The van der Waals surface area contributed by atoms with Gasteiger partial charge in [0.1, 0.15) is 29.6 Å². The summed E-state index contributed by atoms with van der Waals surface area (Å²) in [5.41, 5.74) is -4.97. The molecule has 1 aromatic heterocycles. The molecule has 7 nitrogen and oxygen atoms in total. The molecule has 2 aromatic rings. The Labute approximate surface area is 188 Å². The number of nitrogens with zero attached hydrogens (tertiary/aromatic N) is 2. The van der Waals surface area contributed by atoms with Gasteiger partial charge in [-0.05, 0) is 11.8 Å². The van der Waals surface area contributed by atoms with Gasteiger partial charge in [-0.25, -0.2) is 13.8 Å². The maximum Gasteiger partial charge on any atom is 0.431 e. The Kier molecular flexibility index (Phi) is 8.18. The van der Waals surface area contributed by atoms with Crippen molar-refractivity contribution in [2.24, 2.45) is 7.05 Å². The van der Waals surface area contributed by atoms with Crippen LogP contribution in [0.3, 0.4) is 0 Å². The fourth-order valence-corrected chi connectivity index (χ4v) is 3.25. The van der Waals surface area contributed by atoms with Gasteiger partial charge in [-0.3, -0.25) is 14.2 Å². The molecule has 0 unspecified atom stereocenters. The van der Waals surface area contributed by atoms with Crippen molar-refractivity contribution in [3.63, 3.8) is 0 Å². The number of ether oxygens (including phenoxy) is 2. The third-order valence-corrected chi connectivity index (χ3v) is 5.04. The van der Waals surface area contributed by atoms with E-state index >= 15 is 0 Å². The van der Waals surface area contributed by atoms with Gasteiger partial charge in [0.05, 0.1) is 17.8 Å². The van der Waals surface area contributed by atoms with Crippen LogP contribution in [-0.2, 0) is 22.8 Å². The minimum Gasteiger partial charge on any atom is -0.497 e. The lowest BCUT2D eigenvalue weighted by Crippen LogP contribution is -2.41. The van der Waals surface area contributed by atoms with Crippen molar-refractivity contribution < 1.29 is 31.8 Å². The number of halogens is 5. The second kappa shape index (κ2) is 10.3. The number of thioether (sulfide) groups is 1. The molecule has 0 bridgehead atoms. The lowest BCUT2D eigenvalue weighted by atomic mass is 10.2. The van der Waals surface area contributed by atoms with Crippen LogP contribution in [0.25, 0.3) is 5.69 Å². The summed E-state index contributed by atoms with van der Waals surface area (Å²) in [4.78, 5) is 36.4. The van der Waals surface area contributed by atoms with Crippen molar-refractivity contribution in [3.8, 4) is 11.4 Å². The van der Waals surface area contributed by atoms with E-state index in [0.29, 0.717) is 5.75 Å². The van der Waals surface area contributed by atoms with Crippen molar-refractivity contribution in [1.82, 2.24) is 9.13 Å². The summed E-state index contributed by atoms with van der Waals surface area (Å²) < 4.78 is 64.4. The van der Waals surface area contributed by atoms with E-state index in [1.807, 2.05) is 0 Å². The van der Waals surface area contributed by atoms with Crippen LogP contribution in [0.2, 0.25) is 5.02 Å². The molecule has 0 saturated carbocycles. The summed E-state index contributed by atoms with van der Waals surface area (Å²) in [5, 5.41) is -0.536. The minimum absolute atomic E-state index is 0.112. The topological polar surface area (TPSA) is 79.5 Å². The van der Waals surface area contributed by atoms with Gasteiger partial charge in [0.2, 0.25) is 5.12 Å². The molecule has 174 valence electrons. The summed E-state index contributed by atoms with van der Waals surface area (Å²) >= 11 is 6.98. The molecule has 0 amide bonds. The predicted molar refractivity (Wildman–Crippen MR) is 111 cm³/mol. The van der Waals surface area contributed by atoms with E-state index < -0.39 is 34.6 Å². The second-order valence-corrected chi connectivity index (χ2v) is 7.81. The number of carbonyl (C=O) groups is 1. The van der Waals surface area contributed by atoms with E-state index in [4.69, 9.17) is 21.1 Å². The molecule has 0 aliphatic rings. The Morgan fingerprint density at radius 2 is 1.91 bits per heavy atom. The number of hydrogen-bond acceptors (Lipinski definition) is 6. The molecule has 0 aliphatic carbocycles. The van der Waals surface area contributed by atoms with Crippen LogP contribution in [0.15, 0.2) is 39.6 Å². The van der Waals surface area contributed by atoms with Crippen molar-refractivity contribution in [2.45, 2.75) is 13.1 Å². The zero-order valence-electron chi connectivity index (χ0n) is 17.0. The van der Waals surface area contributed by atoms with E-state index in [-0.39, 0.29) is 43.5 Å². The second-order valence-electron chi connectivity index (χ2n) is 6.13. The van der Waals surface area contributed by atoms with E-state index in [9.17, 15) is 31.9 Å². The molecule has 1 aromatic carbocycles. The molecular formula is C19H17ClF4N2O5S. The molecule has 0 fully saturated rings. The van der Waals surface area contributed by atoms with Crippen molar-refractivity contribution >= 4 is 28.5 Å². The number of rotatable bonds is 7. The maximum absolute atomic E-state index is 14.5. The Morgan fingerprint density at radius 3 is 2.47 bits per heavy atom. The van der Waals surface area contributed by atoms with Gasteiger partial charge >= 0.3 is 11.9 Å². The molecule has 0 aliphatic heterocycles. The number of alkyl halides is 3. The monoisotopic (exact) mass is 496 g/mol. The third kappa shape index (κ3) is 5.74. The predicted octanol–water partition coefficient (Wildman–Crippen LogP) is 3.54. The average Bonchev–Trinajstić information content (AvgIpc) is 2.69. The average molecular weight is 497 g/mol. The molecule has 0 N–H and O–H groups in total. The van der Waals surface area contributed by atoms with E-state index in [1.165, 1.54) is 13.2 Å². The number of methoxy groups -OCH3 is 1. The van der Waals surface area contributed by atoms with Crippen LogP contribution < -0.4 is 16.0 Å².